The van der Waals surface area contributed by atoms with Gasteiger partial charge in [-0.1, -0.05) is 28.1 Å². The van der Waals surface area contributed by atoms with E-state index in [1.807, 2.05) is 29.6 Å². The van der Waals surface area contributed by atoms with Crippen LogP contribution in [0, 0.1) is 0 Å². The van der Waals surface area contributed by atoms with Gasteiger partial charge in [-0.15, -0.1) is 11.3 Å². The molecule has 3 heterocycles. The molecule has 0 bridgehead atoms. The minimum atomic E-state index is -0.192. The molecule has 0 N–H and O–H groups in total. The number of carbonyl (C=O) groups excluding carboxylic acids is 1. The Morgan fingerprint density at radius 1 is 1.31 bits per heavy atom. The molecule has 26 heavy (non-hydrogen) atoms. The standard InChI is InChI=1S/C19H17BrN2O3S/c20-14-7-5-13(6-8-14)16-12-26-19(21-16)22(11-15-3-1-9-24-15)18(23)17-4-2-10-25-17/h2,4-8,10,12,15H,1,3,9,11H2/t15-/m1/s1. The highest BCUT2D eigenvalue weighted by molar-refractivity contribution is 9.10. The minimum absolute atomic E-state index is 0.0361. The molecule has 0 saturated carbocycles. The monoisotopic (exact) mass is 432 g/mol. The van der Waals surface area contributed by atoms with Gasteiger partial charge in [0.25, 0.3) is 5.91 Å². The van der Waals surface area contributed by atoms with Gasteiger partial charge in [-0.2, -0.15) is 0 Å². The van der Waals surface area contributed by atoms with Gasteiger partial charge in [0.15, 0.2) is 10.9 Å². The summed E-state index contributed by atoms with van der Waals surface area (Å²) in [6.07, 6.45) is 3.52. The maximum atomic E-state index is 12.9. The Balaban J connectivity index is 1.62. The van der Waals surface area contributed by atoms with E-state index in [1.54, 1.807) is 17.0 Å². The van der Waals surface area contributed by atoms with E-state index in [-0.39, 0.29) is 12.0 Å². The lowest BCUT2D eigenvalue weighted by atomic mass is 10.2. The molecular formula is C19H17BrN2O3S. The van der Waals surface area contributed by atoms with Gasteiger partial charge < -0.3 is 9.15 Å². The minimum Gasteiger partial charge on any atom is -0.459 e. The van der Waals surface area contributed by atoms with Crippen LogP contribution in [0.3, 0.4) is 0 Å². The summed E-state index contributed by atoms with van der Waals surface area (Å²) in [5.74, 6) is 0.116. The highest BCUT2D eigenvalue weighted by Gasteiger charge is 2.28. The fourth-order valence-corrected chi connectivity index (χ4v) is 4.02. The second-order valence-electron chi connectivity index (χ2n) is 6.05. The number of anilines is 1. The van der Waals surface area contributed by atoms with Crippen LogP contribution >= 0.6 is 27.3 Å². The van der Waals surface area contributed by atoms with Gasteiger partial charge in [0.1, 0.15) is 0 Å². The average molecular weight is 433 g/mol. The highest BCUT2D eigenvalue weighted by Crippen LogP contribution is 2.30. The molecule has 4 rings (SSSR count). The van der Waals surface area contributed by atoms with Crippen molar-refractivity contribution in [2.24, 2.45) is 0 Å². The second kappa shape index (κ2) is 7.73. The number of ether oxygens (including phenoxy) is 1. The molecule has 1 fully saturated rings. The molecule has 2 aromatic heterocycles. The normalized spacial score (nSPS) is 16.7. The van der Waals surface area contributed by atoms with Crippen molar-refractivity contribution in [3.63, 3.8) is 0 Å². The maximum Gasteiger partial charge on any atom is 0.295 e. The Morgan fingerprint density at radius 3 is 2.85 bits per heavy atom. The molecule has 1 saturated heterocycles. The van der Waals surface area contributed by atoms with Crippen molar-refractivity contribution in [3.8, 4) is 11.3 Å². The average Bonchev–Trinajstić information content (AvgIpc) is 3.42. The number of hydrogen-bond acceptors (Lipinski definition) is 5. The van der Waals surface area contributed by atoms with E-state index >= 15 is 0 Å². The molecule has 1 aliphatic rings. The Morgan fingerprint density at radius 2 is 2.15 bits per heavy atom. The fourth-order valence-electron chi connectivity index (χ4n) is 2.91. The zero-order valence-corrected chi connectivity index (χ0v) is 16.3. The first kappa shape index (κ1) is 17.5. The lowest BCUT2D eigenvalue weighted by Gasteiger charge is -2.22. The first-order valence-corrected chi connectivity index (χ1v) is 10.1. The number of rotatable bonds is 5. The summed E-state index contributed by atoms with van der Waals surface area (Å²) in [5.41, 5.74) is 1.86. The van der Waals surface area contributed by atoms with Crippen LogP contribution in [-0.4, -0.2) is 30.1 Å². The predicted molar refractivity (Wildman–Crippen MR) is 105 cm³/mol. The number of thiazole rings is 1. The number of aromatic nitrogens is 1. The van der Waals surface area contributed by atoms with Crippen LogP contribution in [0.4, 0.5) is 5.13 Å². The van der Waals surface area contributed by atoms with Crippen LogP contribution in [0.2, 0.25) is 0 Å². The molecule has 0 unspecified atom stereocenters. The lowest BCUT2D eigenvalue weighted by molar-refractivity contribution is 0.0895. The molecule has 1 amide bonds. The maximum absolute atomic E-state index is 12.9. The van der Waals surface area contributed by atoms with Gasteiger partial charge >= 0.3 is 0 Å². The van der Waals surface area contributed by atoms with Crippen molar-refractivity contribution < 1.29 is 13.9 Å². The fraction of sp³-hybridized carbons (Fsp3) is 0.263. The van der Waals surface area contributed by atoms with E-state index in [0.717, 1.165) is 35.2 Å². The summed E-state index contributed by atoms with van der Waals surface area (Å²) >= 11 is 4.89. The zero-order valence-electron chi connectivity index (χ0n) is 13.9. The van der Waals surface area contributed by atoms with Crippen LogP contribution in [0.25, 0.3) is 11.3 Å². The summed E-state index contributed by atoms with van der Waals surface area (Å²) in [4.78, 5) is 19.3. The first-order valence-electron chi connectivity index (χ1n) is 8.39. The molecule has 1 atom stereocenters. The van der Waals surface area contributed by atoms with E-state index in [4.69, 9.17) is 14.1 Å². The van der Waals surface area contributed by atoms with Crippen molar-refractivity contribution in [3.05, 3.63) is 58.3 Å². The molecule has 134 valence electrons. The third-order valence-corrected chi connectivity index (χ3v) is 5.64. The Labute approximate surface area is 163 Å². The summed E-state index contributed by atoms with van der Waals surface area (Å²) in [6, 6.07) is 11.4. The van der Waals surface area contributed by atoms with E-state index in [1.165, 1.54) is 17.6 Å². The number of amides is 1. The molecule has 5 nitrogen and oxygen atoms in total. The topological polar surface area (TPSA) is 55.6 Å². The predicted octanol–water partition coefficient (Wildman–Crippen LogP) is 4.99. The van der Waals surface area contributed by atoms with E-state index < -0.39 is 0 Å². The largest absolute Gasteiger partial charge is 0.459 e. The quantitative estimate of drug-likeness (QED) is 0.569. The third kappa shape index (κ3) is 3.75. The molecule has 0 radical (unpaired) electrons. The number of halogens is 1. The molecule has 0 aliphatic carbocycles. The Bertz CT molecular complexity index is 871. The second-order valence-corrected chi connectivity index (χ2v) is 7.80. The van der Waals surface area contributed by atoms with Crippen LogP contribution in [-0.2, 0) is 4.74 Å². The molecule has 3 aromatic rings. The zero-order chi connectivity index (χ0) is 17.9. The van der Waals surface area contributed by atoms with Gasteiger partial charge in [-0.3, -0.25) is 9.69 Å². The van der Waals surface area contributed by atoms with E-state index in [0.29, 0.717) is 17.4 Å². The smallest absolute Gasteiger partial charge is 0.295 e. The SMILES string of the molecule is O=C(c1ccco1)N(C[C@H]1CCCO1)c1nc(-c2ccc(Br)cc2)cs1. The summed E-state index contributed by atoms with van der Waals surface area (Å²) in [5, 5.41) is 2.62. The Kier molecular flexibility index (Phi) is 5.19. The van der Waals surface area contributed by atoms with Gasteiger partial charge in [0, 0.05) is 22.0 Å². The third-order valence-electron chi connectivity index (χ3n) is 4.25. The summed E-state index contributed by atoms with van der Waals surface area (Å²) < 4.78 is 12.0. The molecular weight excluding hydrogens is 416 g/mol. The number of nitrogens with zero attached hydrogens (tertiary/aromatic N) is 2. The summed E-state index contributed by atoms with van der Waals surface area (Å²) in [6.45, 7) is 1.22. The van der Waals surface area contributed by atoms with Crippen LogP contribution in [0.1, 0.15) is 23.4 Å². The van der Waals surface area contributed by atoms with Crippen LogP contribution < -0.4 is 4.90 Å². The van der Waals surface area contributed by atoms with Crippen molar-refractivity contribution in [1.29, 1.82) is 0 Å². The van der Waals surface area contributed by atoms with Crippen molar-refractivity contribution in [2.45, 2.75) is 18.9 Å². The van der Waals surface area contributed by atoms with Gasteiger partial charge in [-0.05, 0) is 37.1 Å². The molecule has 1 aromatic carbocycles. The number of carbonyl (C=O) groups is 1. The van der Waals surface area contributed by atoms with Crippen LogP contribution in [0.15, 0.2) is 56.9 Å². The van der Waals surface area contributed by atoms with E-state index in [2.05, 4.69) is 15.9 Å². The lowest BCUT2D eigenvalue weighted by Crippen LogP contribution is -2.37. The van der Waals surface area contributed by atoms with E-state index in [9.17, 15) is 4.79 Å². The molecule has 0 spiro atoms. The first-order chi connectivity index (χ1) is 12.7. The number of hydrogen-bond donors (Lipinski definition) is 0. The van der Waals surface area contributed by atoms with Gasteiger partial charge in [-0.25, -0.2) is 4.98 Å². The molecule has 7 heteroatoms. The number of furan rings is 1. The van der Waals surface area contributed by atoms with Gasteiger partial charge in [0.05, 0.1) is 24.6 Å². The number of benzene rings is 1. The van der Waals surface area contributed by atoms with Crippen molar-refractivity contribution >= 4 is 38.3 Å². The highest BCUT2D eigenvalue weighted by atomic mass is 79.9. The van der Waals surface area contributed by atoms with Crippen molar-refractivity contribution in [2.75, 3.05) is 18.1 Å². The van der Waals surface area contributed by atoms with Crippen LogP contribution in [0.5, 0.6) is 0 Å². The van der Waals surface area contributed by atoms with Crippen molar-refractivity contribution in [1.82, 2.24) is 4.98 Å². The summed E-state index contributed by atoms with van der Waals surface area (Å²) in [7, 11) is 0. The van der Waals surface area contributed by atoms with Gasteiger partial charge in [0.2, 0.25) is 0 Å². The Hall–Kier alpha value is -1.96. The molecule has 1 aliphatic heterocycles.